The highest BCUT2D eigenvalue weighted by Crippen LogP contribution is 2.45. The predicted molar refractivity (Wildman–Crippen MR) is 65.8 cm³/mol. The molecule has 1 saturated carbocycles. The molecule has 0 N–H and O–H groups in total. The second kappa shape index (κ2) is 4.02. The summed E-state index contributed by atoms with van der Waals surface area (Å²) >= 11 is 6.15. The highest BCUT2D eigenvalue weighted by Gasteiger charge is 2.34. The highest BCUT2D eigenvalue weighted by atomic mass is 35.5. The van der Waals surface area contributed by atoms with Crippen molar-refractivity contribution in [3.8, 4) is 0 Å². The van der Waals surface area contributed by atoms with E-state index in [-0.39, 0.29) is 0 Å². The lowest BCUT2D eigenvalue weighted by molar-refractivity contribution is 0.355. The summed E-state index contributed by atoms with van der Waals surface area (Å²) < 4.78 is 2.14. The van der Waals surface area contributed by atoms with Gasteiger partial charge in [-0.3, -0.25) is 4.57 Å². The van der Waals surface area contributed by atoms with E-state index in [0.29, 0.717) is 22.7 Å². The third-order valence-corrected chi connectivity index (χ3v) is 3.76. The summed E-state index contributed by atoms with van der Waals surface area (Å²) in [6.07, 6.45) is 3.61. The molecule has 0 radical (unpaired) electrons. The summed E-state index contributed by atoms with van der Waals surface area (Å²) in [5.74, 6) is 1.40. The van der Waals surface area contributed by atoms with Crippen molar-refractivity contribution >= 4 is 11.6 Å². The molecule has 1 fully saturated rings. The molecule has 1 aliphatic rings. The van der Waals surface area contributed by atoms with E-state index in [2.05, 4.69) is 42.5 Å². The molecule has 1 atom stereocenters. The van der Waals surface area contributed by atoms with Crippen LogP contribution in [0.15, 0.2) is 0 Å². The molecule has 0 saturated heterocycles. The van der Waals surface area contributed by atoms with Gasteiger partial charge in [0.2, 0.25) is 5.28 Å². The minimum Gasteiger partial charge on any atom is -0.298 e. The predicted octanol–water partition coefficient (Wildman–Crippen LogP) is 3.81. The van der Waals surface area contributed by atoms with Gasteiger partial charge in [-0.15, -0.1) is 10.2 Å². The van der Waals surface area contributed by atoms with Crippen molar-refractivity contribution in [2.75, 3.05) is 0 Å². The van der Waals surface area contributed by atoms with Gasteiger partial charge in [-0.1, -0.05) is 27.7 Å². The molecule has 3 nitrogen and oxygen atoms in total. The van der Waals surface area contributed by atoms with Crippen LogP contribution in [0.3, 0.4) is 0 Å². The number of aromatic nitrogens is 3. The number of halogens is 1. The van der Waals surface area contributed by atoms with Crippen molar-refractivity contribution in [3.63, 3.8) is 0 Å². The third-order valence-electron chi connectivity index (χ3n) is 3.50. The van der Waals surface area contributed by atoms with Crippen LogP contribution in [0.5, 0.6) is 0 Å². The van der Waals surface area contributed by atoms with Gasteiger partial charge in [0.25, 0.3) is 0 Å². The first-order valence-corrected chi connectivity index (χ1v) is 6.39. The van der Waals surface area contributed by atoms with Crippen LogP contribution in [0.4, 0.5) is 0 Å². The lowest BCUT2D eigenvalue weighted by Crippen LogP contribution is -2.13. The Balaban J connectivity index is 2.30. The molecule has 90 valence electrons. The summed E-state index contributed by atoms with van der Waals surface area (Å²) in [5, 5.41) is 8.74. The lowest BCUT2D eigenvalue weighted by atomic mass is 9.92. The Morgan fingerprint density at radius 2 is 2.06 bits per heavy atom. The first-order valence-electron chi connectivity index (χ1n) is 6.01. The molecule has 16 heavy (non-hydrogen) atoms. The van der Waals surface area contributed by atoms with Crippen LogP contribution >= 0.6 is 11.6 Å². The maximum atomic E-state index is 6.15. The molecule has 1 aromatic heterocycles. The van der Waals surface area contributed by atoms with Gasteiger partial charge in [-0.25, -0.2) is 0 Å². The quantitative estimate of drug-likeness (QED) is 0.789. The molecule has 1 unspecified atom stereocenters. The minimum absolute atomic E-state index is 0.378. The Hall–Kier alpha value is -0.570. The molecule has 0 aliphatic heterocycles. The molecule has 1 aliphatic carbocycles. The van der Waals surface area contributed by atoms with Crippen molar-refractivity contribution in [1.82, 2.24) is 14.8 Å². The van der Waals surface area contributed by atoms with Crippen molar-refractivity contribution < 1.29 is 0 Å². The molecular formula is C12H20ClN3. The molecule has 0 spiro atoms. The van der Waals surface area contributed by atoms with Crippen LogP contribution in [-0.4, -0.2) is 14.8 Å². The zero-order valence-corrected chi connectivity index (χ0v) is 11.3. The molecule has 1 heterocycles. The second-order valence-corrected chi connectivity index (χ2v) is 6.25. The van der Waals surface area contributed by atoms with Crippen molar-refractivity contribution in [1.29, 1.82) is 0 Å². The van der Waals surface area contributed by atoms with Crippen LogP contribution < -0.4 is 0 Å². The van der Waals surface area contributed by atoms with Crippen LogP contribution in [0, 0.1) is 5.41 Å². The van der Waals surface area contributed by atoms with Crippen LogP contribution in [0.1, 0.15) is 64.7 Å². The molecule has 1 aromatic rings. The van der Waals surface area contributed by atoms with Crippen LogP contribution in [-0.2, 0) is 0 Å². The normalized spacial score (nSPS) is 24.2. The van der Waals surface area contributed by atoms with E-state index < -0.39 is 0 Å². The maximum absolute atomic E-state index is 6.15. The fourth-order valence-corrected chi connectivity index (χ4v) is 2.90. The van der Waals surface area contributed by atoms with Crippen molar-refractivity contribution in [2.45, 2.75) is 58.9 Å². The van der Waals surface area contributed by atoms with E-state index in [4.69, 9.17) is 11.6 Å². The molecule has 4 heteroatoms. The molecule has 0 amide bonds. The Bertz CT molecular complexity index is 382. The van der Waals surface area contributed by atoms with Gasteiger partial charge in [0.1, 0.15) is 5.82 Å². The first-order chi connectivity index (χ1) is 7.41. The molecule has 0 bridgehead atoms. The Labute approximate surface area is 102 Å². The Morgan fingerprint density at radius 1 is 1.38 bits per heavy atom. The second-order valence-electron chi connectivity index (χ2n) is 5.91. The van der Waals surface area contributed by atoms with Crippen LogP contribution in [0.2, 0.25) is 5.28 Å². The largest absolute Gasteiger partial charge is 0.298 e. The van der Waals surface area contributed by atoms with E-state index in [1.54, 1.807) is 0 Å². The van der Waals surface area contributed by atoms with Gasteiger partial charge in [-0.05, 0) is 36.3 Å². The Morgan fingerprint density at radius 3 is 2.56 bits per heavy atom. The number of hydrogen-bond acceptors (Lipinski definition) is 2. The first kappa shape index (κ1) is 11.9. The monoisotopic (exact) mass is 241 g/mol. The summed E-state index contributed by atoms with van der Waals surface area (Å²) in [4.78, 5) is 0. The van der Waals surface area contributed by atoms with E-state index in [1.807, 2.05) is 0 Å². The zero-order valence-electron chi connectivity index (χ0n) is 10.5. The fraction of sp³-hybridized carbons (Fsp3) is 0.833. The van der Waals surface area contributed by atoms with Crippen LogP contribution in [0.25, 0.3) is 0 Å². The maximum Gasteiger partial charge on any atom is 0.225 e. The molecule has 0 aromatic carbocycles. The number of rotatable bonds is 2. The number of nitrogens with zero attached hydrogens (tertiary/aromatic N) is 3. The Kier molecular flexibility index (Phi) is 2.99. The van der Waals surface area contributed by atoms with Gasteiger partial charge < -0.3 is 0 Å². The van der Waals surface area contributed by atoms with Gasteiger partial charge in [-0.2, -0.15) is 0 Å². The van der Waals surface area contributed by atoms with Crippen molar-refractivity contribution in [2.24, 2.45) is 5.41 Å². The van der Waals surface area contributed by atoms with E-state index >= 15 is 0 Å². The topological polar surface area (TPSA) is 30.7 Å². The van der Waals surface area contributed by atoms with Gasteiger partial charge in [0, 0.05) is 12.0 Å². The summed E-state index contributed by atoms with van der Waals surface area (Å²) in [6, 6.07) is 0.481. The smallest absolute Gasteiger partial charge is 0.225 e. The average Bonchev–Trinajstić information content (AvgIpc) is 2.69. The van der Waals surface area contributed by atoms with Gasteiger partial charge in [0.15, 0.2) is 0 Å². The standard InChI is InChI=1S/C12H20ClN3/c1-8(2)10-14-15-11(13)16(10)9-5-6-12(3,4)7-9/h8-9H,5-7H2,1-4H3. The summed E-state index contributed by atoms with van der Waals surface area (Å²) in [5.41, 5.74) is 0.423. The highest BCUT2D eigenvalue weighted by molar-refractivity contribution is 6.28. The van der Waals surface area contributed by atoms with E-state index in [9.17, 15) is 0 Å². The summed E-state index contributed by atoms with van der Waals surface area (Å²) in [6.45, 7) is 8.91. The number of hydrogen-bond donors (Lipinski definition) is 0. The molecular weight excluding hydrogens is 222 g/mol. The van der Waals surface area contributed by atoms with E-state index in [1.165, 1.54) is 19.3 Å². The average molecular weight is 242 g/mol. The fourth-order valence-electron chi connectivity index (χ4n) is 2.63. The summed E-state index contributed by atoms with van der Waals surface area (Å²) in [7, 11) is 0. The van der Waals surface area contributed by atoms with Gasteiger partial charge >= 0.3 is 0 Å². The lowest BCUT2D eigenvalue weighted by Gasteiger charge is -2.20. The van der Waals surface area contributed by atoms with E-state index in [0.717, 1.165) is 5.82 Å². The minimum atomic E-state index is 0.378. The zero-order chi connectivity index (χ0) is 11.9. The third kappa shape index (κ3) is 2.10. The van der Waals surface area contributed by atoms with Gasteiger partial charge in [0.05, 0.1) is 0 Å². The SMILES string of the molecule is CC(C)c1nnc(Cl)n1C1CCC(C)(C)C1. The van der Waals surface area contributed by atoms with Crippen molar-refractivity contribution in [3.05, 3.63) is 11.1 Å². The molecule has 2 rings (SSSR count).